The van der Waals surface area contributed by atoms with Crippen LogP contribution < -0.4 is 20.3 Å². The first kappa shape index (κ1) is 17.1. The Morgan fingerprint density at radius 3 is 2.67 bits per heavy atom. The van der Waals surface area contributed by atoms with Crippen LogP contribution in [0.3, 0.4) is 0 Å². The van der Waals surface area contributed by atoms with Crippen LogP contribution in [0.25, 0.3) is 10.8 Å². The van der Waals surface area contributed by atoms with Crippen molar-refractivity contribution < 1.29 is 14.3 Å². The van der Waals surface area contributed by atoms with Crippen LogP contribution in [0.4, 0.5) is 0 Å². The zero-order chi connectivity index (χ0) is 18.8. The van der Waals surface area contributed by atoms with E-state index >= 15 is 0 Å². The summed E-state index contributed by atoms with van der Waals surface area (Å²) in [5.41, 5.74) is 0.427. The number of carbonyl (C=O) groups is 1. The summed E-state index contributed by atoms with van der Waals surface area (Å²) in [6.07, 6.45) is -0.285. The Balaban J connectivity index is 1.41. The van der Waals surface area contributed by atoms with Crippen molar-refractivity contribution in [1.82, 2.24) is 15.1 Å². The number of fused-ring (bicyclic) bond motifs is 2. The number of aryl methyl sites for hydroxylation is 1. The van der Waals surface area contributed by atoms with E-state index in [1.54, 1.807) is 12.1 Å². The number of amides is 1. The Morgan fingerprint density at radius 1 is 1.15 bits per heavy atom. The second-order valence-electron chi connectivity index (χ2n) is 6.40. The first-order chi connectivity index (χ1) is 13.1. The van der Waals surface area contributed by atoms with Gasteiger partial charge in [-0.1, -0.05) is 30.3 Å². The lowest BCUT2D eigenvalue weighted by Crippen LogP contribution is -2.42. The Labute approximate surface area is 155 Å². The van der Waals surface area contributed by atoms with E-state index in [2.05, 4.69) is 10.4 Å². The van der Waals surface area contributed by atoms with Crippen LogP contribution in [0.5, 0.6) is 11.5 Å². The summed E-state index contributed by atoms with van der Waals surface area (Å²) in [6, 6.07) is 14.6. The summed E-state index contributed by atoms with van der Waals surface area (Å²) in [7, 11) is 0. The molecule has 2 aromatic carbocycles. The van der Waals surface area contributed by atoms with Gasteiger partial charge in [-0.3, -0.25) is 9.59 Å². The molecule has 2 heterocycles. The van der Waals surface area contributed by atoms with Crippen molar-refractivity contribution in [3.63, 3.8) is 0 Å². The number of nitrogens with zero attached hydrogens (tertiary/aromatic N) is 2. The molecule has 0 aliphatic carbocycles. The maximum Gasteiger partial charge on any atom is 0.275 e. The average molecular weight is 365 g/mol. The van der Waals surface area contributed by atoms with Crippen molar-refractivity contribution >= 4 is 16.7 Å². The van der Waals surface area contributed by atoms with E-state index < -0.39 is 0 Å². The fraction of sp³-hybridized carbons (Fsp3) is 0.250. The van der Waals surface area contributed by atoms with Crippen molar-refractivity contribution in [3.8, 4) is 11.5 Å². The molecule has 1 aromatic heterocycles. The fourth-order valence-corrected chi connectivity index (χ4v) is 3.09. The predicted octanol–water partition coefficient (Wildman–Crippen LogP) is 1.66. The highest BCUT2D eigenvalue weighted by Gasteiger charge is 2.21. The van der Waals surface area contributed by atoms with Gasteiger partial charge in [0.1, 0.15) is 19.3 Å². The molecule has 1 N–H and O–H groups in total. The number of para-hydroxylation sites is 2. The van der Waals surface area contributed by atoms with Gasteiger partial charge in [0.2, 0.25) is 5.91 Å². The van der Waals surface area contributed by atoms with E-state index in [1.807, 2.05) is 43.3 Å². The Bertz CT molecular complexity index is 1060. The molecule has 0 radical (unpaired) electrons. The Kier molecular flexibility index (Phi) is 4.50. The largest absolute Gasteiger partial charge is 0.486 e. The fourth-order valence-electron chi connectivity index (χ4n) is 3.09. The van der Waals surface area contributed by atoms with Crippen LogP contribution in [-0.4, -0.2) is 34.9 Å². The maximum atomic E-state index is 12.5. The van der Waals surface area contributed by atoms with Gasteiger partial charge >= 0.3 is 0 Å². The van der Waals surface area contributed by atoms with Gasteiger partial charge in [0.05, 0.1) is 17.6 Å². The summed E-state index contributed by atoms with van der Waals surface area (Å²) in [5, 5.41) is 8.39. The molecule has 1 atom stereocenters. The molecule has 0 fully saturated rings. The molecule has 3 aromatic rings. The number of nitrogens with one attached hydrogen (secondary N) is 1. The van der Waals surface area contributed by atoms with Gasteiger partial charge in [-0.2, -0.15) is 5.10 Å². The van der Waals surface area contributed by atoms with Gasteiger partial charge in [0, 0.05) is 5.39 Å². The summed E-state index contributed by atoms with van der Waals surface area (Å²) < 4.78 is 12.6. The standard InChI is InChI=1S/C20H19N3O4/c1-13-15-6-2-3-7-16(15)20(25)23(22-13)11-19(24)21-10-14-12-26-17-8-4-5-9-18(17)27-14/h2-9,14H,10-12H2,1H3,(H,21,24)/t14-/m0/s1. The van der Waals surface area contributed by atoms with Crippen LogP contribution in [0.15, 0.2) is 53.3 Å². The first-order valence-electron chi connectivity index (χ1n) is 8.73. The Hall–Kier alpha value is -3.35. The van der Waals surface area contributed by atoms with Crippen LogP contribution in [0, 0.1) is 6.92 Å². The minimum Gasteiger partial charge on any atom is -0.486 e. The second kappa shape index (κ2) is 7.11. The van der Waals surface area contributed by atoms with E-state index in [4.69, 9.17) is 9.47 Å². The van der Waals surface area contributed by atoms with Crippen LogP contribution in [0.2, 0.25) is 0 Å². The number of benzene rings is 2. The second-order valence-corrected chi connectivity index (χ2v) is 6.40. The highest BCUT2D eigenvalue weighted by atomic mass is 16.6. The molecular formula is C20H19N3O4. The predicted molar refractivity (Wildman–Crippen MR) is 100 cm³/mol. The average Bonchev–Trinajstić information content (AvgIpc) is 2.70. The molecular weight excluding hydrogens is 346 g/mol. The van der Waals surface area contributed by atoms with Gasteiger partial charge in [-0.15, -0.1) is 0 Å². The van der Waals surface area contributed by atoms with E-state index in [0.717, 1.165) is 5.39 Å². The monoisotopic (exact) mass is 365 g/mol. The number of carbonyl (C=O) groups excluding carboxylic acids is 1. The van der Waals surface area contributed by atoms with Crippen molar-refractivity contribution in [2.75, 3.05) is 13.2 Å². The van der Waals surface area contributed by atoms with Crippen molar-refractivity contribution in [2.24, 2.45) is 0 Å². The van der Waals surface area contributed by atoms with Crippen LogP contribution >= 0.6 is 0 Å². The lowest BCUT2D eigenvalue weighted by Gasteiger charge is -2.26. The Morgan fingerprint density at radius 2 is 1.85 bits per heavy atom. The molecule has 27 heavy (non-hydrogen) atoms. The van der Waals surface area contributed by atoms with Gasteiger partial charge in [0.15, 0.2) is 11.5 Å². The van der Waals surface area contributed by atoms with Crippen molar-refractivity contribution in [3.05, 3.63) is 64.6 Å². The molecule has 0 saturated carbocycles. The SMILES string of the molecule is Cc1nn(CC(=O)NC[C@H]2COc3ccccc3O2)c(=O)c2ccccc12. The van der Waals surface area contributed by atoms with Crippen LogP contribution in [-0.2, 0) is 11.3 Å². The van der Waals surface area contributed by atoms with Crippen molar-refractivity contribution in [1.29, 1.82) is 0 Å². The summed E-state index contributed by atoms with van der Waals surface area (Å²) in [5.74, 6) is 1.05. The van der Waals surface area contributed by atoms with Gasteiger partial charge in [-0.05, 0) is 25.1 Å². The molecule has 1 aliphatic heterocycles. The maximum absolute atomic E-state index is 12.5. The highest BCUT2D eigenvalue weighted by Crippen LogP contribution is 2.30. The molecule has 0 unspecified atom stereocenters. The summed E-state index contributed by atoms with van der Waals surface area (Å²) in [6.45, 7) is 2.31. The normalized spacial score (nSPS) is 15.5. The van der Waals surface area contributed by atoms with Gasteiger partial charge in [0.25, 0.3) is 5.56 Å². The smallest absolute Gasteiger partial charge is 0.275 e. The molecule has 0 saturated heterocycles. The van der Waals surface area contributed by atoms with Gasteiger partial charge < -0.3 is 14.8 Å². The lowest BCUT2D eigenvalue weighted by molar-refractivity contribution is -0.122. The van der Waals surface area contributed by atoms with E-state index in [0.29, 0.717) is 29.2 Å². The molecule has 0 spiro atoms. The number of ether oxygens (including phenoxy) is 2. The molecule has 1 amide bonds. The zero-order valence-electron chi connectivity index (χ0n) is 14.8. The molecule has 0 bridgehead atoms. The molecule has 1 aliphatic rings. The number of rotatable bonds is 4. The minimum absolute atomic E-state index is 0.144. The van der Waals surface area contributed by atoms with Crippen molar-refractivity contribution in [2.45, 2.75) is 19.6 Å². The molecule has 7 heteroatoms. The molecule has 138 valence electrons. The highest BCUT2D eigenvalue weighted by molar-refractivity contribution is 5.83. The lowest BCUT2D eigenvalue weighted by atomic mass is 10.1. The van der Waals surface area contributed by atoms with E-state index in [1.165, 1.54) is 4.68 Å². The number of hydrogen-bond donors (Lipinski definition) is 1. The first-order valence-corrected chi connectivity index (χ1v) is 8.73. The van der Waals surface area contributed by atoms with E-state index in [9.17, 15) is 9.59 Å². The minimum atomic E-state index is -0.304. The van der Waals surface area contributed by atoms with E-state index in [-0.39, 0.29) is 30.7 Å². The molecule has 4 rings (SSSR count). The topological polar surface area (TPSA) is 82.5 Å². The third-order valence-electron chi connectivity index (χ3n) is 4.44. The number of aromatic nitrogens is 2. The zero-order valence-corrected chi connectivity index (χ0v) is 14.8. The van der Waals surface area contributed by atoms with Crippen LogP contribution in [0.1, 0.15) is 5.69 Å². The summed E-state index contributed by atoms with van der Waals surface area (Å²) in [4.78, 5) is 24.8. The third-order valence-corrected chi connectivity index (χ3v) is 4.44. The quantitative estimate of drug-likeness (QED) is 0.760. The molecule has 7 nitrogen and oxygen atoms in total. The third kappa shape index (κ3) is 3.48. The van der Waals surface area contributed by atoms with Gasteiger partial charge in [-0.25, -0.2) is 4.68 Å². The summed E-state index contributed by atoms with van der Waals surface area (Å²) >= 11 is 0. The number of hydrogen-bond acceptors (Lipinski definition) is 5.